The molecule has 0 aliphatic carbocycles. The Hall–Kier alpha value is -3.09. The molecule has 1 N–H and O–H groups in total. The number of aryl methyl sites for hydroxylation is 1. The van der Waals surface area contributed by atoms with E-state index < -0.39 is 17.7 Å². The van der Waals surface area contributed by atoms with Crippen molar-refractivity contribution in [2.45, 2.75) is 52.4 Å². The predicted octanol–water partition coefficient (Wildman–Crippen LogP) is 2.59. The molecule has 0 bridgehead atoms. The van der Waals surface area contributed by atoms with Crippen molar-refractivity contribution in [3.8, 4) is 0 Å². The van der Waals surface area contributed by atoms with Gasteiger partial charge in [0.05, 0.1) is 0 Å². The lowest BCUT2D eigenvalue weighted by Gasteiger charge is -2.17. The van der Waals surface area contributed by atoms with Crippen molar-refractivity contribution in [3.05, 3.63) is 47.5 Å². The summed E-state index contributed by atoms with van der Waals surface area (Å²) in [7, 11) is 0. The molecule has 0 aromatic heterocycles. The van der Waals surface area contributed by atoms with E-state index in [1.807, 2.05) is 19.1 Å². The molecule has 1 unspecified atom stereocenters. The number of carbonyl (C=O) groups is 5. The van der Waals surface area contributed by atoms with Gasteiger partial charge in [0.15, 0.2) is 0 Å². The second kappa shape index (κ2) is 11.2. The molecule has 0 saturated heterocycles. The SMILES string of the molecule is CCC(=O)CC(CCCCN1C(=O)C=CC1=O)C(=O)NC(=O)c1ccc(CC)cc1. The molecule has 1 heterocycles. The second-order valence-electron chi connectivity index (χ2n) is 7.32. The van der Waals surface area contributed by atoms with Crippen molar-refractivity contribution in [3.63, 3.8) is 0 Å². The molecule has 30 heavy (non-hydrogen) atoms. The summed E-state index contributed by atoms with van der Waals surface area (Å²) < 4.78 is 0. The Labute approximate surface area is 176 Å². The van der Waals surface area contributed by atoms with Gasteiger partial charge in [0.2, 0.25) is 5.91 Å². The fourth-order valence-electron chi connectivity index (χ4n) is 3.24. The number of Topliss-reactive ketones (excluding diaryl/α,β-unsaturated/α-hetero) is 1. The van der Waals surface area contributed by atoms with Crippen molar-refractivity contribution in [1.82, 2.24) is 10.2 Å². The summed E-state index contributed by atoms with van der Waals surface area (Å²) in [5, 5.41) is 2.40. The summed E-state index contributed by atoms with van der Waals surface area (Å²) in [5.74, 6) is -2.32. The number of hydrogen-bond acceptors (Lipinski definition) is 5. The third kappa shape index (κ3) is 6.47. The van der Waals surface area contributed by atoms with Crippen LogP contribution >= 0.6 is 0 Å². The van der Waals surface area contributed by atoms with Crippen LogP contribution in [0, 0.1) is 5.92 Å². The number of amides is 4. The summed E-state index contributed by atoms with van der Waals surface area (Å²) in [6.45, 7) is 4.01. The molecule has 4 amide bonds. The van der Waals surface area contributed by atoms with Crippen LogP contribution in [-0.2, 0) is 25.6 Å². The van der Waals surface area contributed by atoms with Crippen LogP contribution in [0.5, 0.6) is 0 Å². The highest BCUT2D eigenvalue weighted by atomic mass is 16.2. The number of benzene rings is 1. The number of unbranched alkanes of at least 4 members (excludes halogenated alkanes) is 1. The lowest BCUT2D eigenvalue weighted by atomic mass is 9.94. The normalized spacial score (nSPS) is 14.1. The van der Waals surface area contributed by atoms with E-state index in [-0.39, 0.29) is 30.6 Å². The highest BCUT2D eigenvalue weighted by Crippen LogP contribution is 2.17. The Morgan fingerprint density at radius 1 is 0.967 bits per heavy atom. The lowest BCUT2D eigenvalue weighted by molar-refractivity contribution is -0.137. The van der Waals surface area contributed by atoms with E-state index in [4.69, 9.17) is 0 Å². The molecule has 7 heteroatoms. The Morgan fingerprint density at radius 2 is 1.60 bits per heavy atom. The number of nitrogens with one attached hydrogen (secondary N) is 1. The topological polar surface area (TPSA) is 101 Å². The monoisotopic (exact) mass is 412 g/mol. The van der Waals surface area contributed by atoms with Gasteiger partial charge in [-0.2, -0.15) is 0 Å². The molecule has 160 valence electrons. The van der Waals surface area contributed by atoms with Gasteiger partial charge in [-0.25, -0.2) is 0 Å². The maximum atomic E-state index is 12.6. The number of nitrogens with zero attached hydrogens (tertiary/aromatic N) is 1. The third-order valence-corrected chi connectivity index (χ3v) is 5.19. The quantitative estimate of drug-likeness (QED) is 0.445. The van der Waals surface area contributed by atoms with E-state index >= 15 is 0 Å². The molecule has 0 saturated carbocycles. The Morgan fingerprint density at radius 3 is 2.17 bits per heavy atom. The van der Waals surface area contributed by atoms with E-state index in [2.05, 4.69) is 5.32 Å². The third-order valence-electron chi connectivity index (χ3n) is 5.19. The van der Waals surface area contributed by atoms with Gasteiger partial charge < -0.3 is 0 Å². The molecule has 1 aliphatic rings. The first-order valence-corrected chi connectivity index (χ1v) is 10.3. The summed E-state index contributed by atoms with van der Waals surface area (Å²) in [5.41, 5.74) is 1.48. The summed E-state index contributed by atoms with van der Waals surface area (Å²) in [6.07, 6.45) is 5.16. The first-order valence-electron chi connectivity index (χ1n) is 10.3. The van der Waals surface area contributed by atoms with Gasteiger partial charge in [-0.15, -0.1) is 0 Å². The smallest absolute Gasteiger partial charge is 0.257 e. The van der Waals surface area contributed by atoms with Crippen molar-refractivity contribution >= 4 is 29.4 Å². The van der Waals surface area contributed by atoms with Crippen LogP contribution in [0.25, 0.3) is 0 Å². The van der Waals surface area contributed by atoms with Gasteiger partial charge in [0, 0.05) is 43.0 Å². The average Bonchev–Trinajstić information content (AvgIpc) is 3.07. The number of hydrogen-bond donors (Lipinski definition) is 1. The van der Waals surface area contributed by atoms with Crippen LogP contribution in [0.15, 0.2) is 36.4 Å². The fourth-order valence-corrected chi connectivity index (χ4v) is 3.24. The molecule has 0 fully saturated rings. The summed E-state index contributed by atoms with van der Waals surface area (Å²) in [4.78, 5) is 61.2. The fraction of sp³-hybridized carbons (Fsp3) is 0.435. The highest BCUT2D eigenvalue weighted by Gasteiger charge is 2.25. The molecular formula is C23H28N2O5. The molecule has 0 spiro atoms. The maximum Gasteiger partial charge on any atom is 0.257 e. The Bertz CT molecular complexity index is 824. The van der Waals surface area contributed by atoms with Gasteiger partial charge in [-0.1, -0.05) is 32.4 Å². The van der Waals surface area contributed by atoms with E-state index in [0.29, 0.717) is 31.2 Å². The molecule has 1 atom stereocenters. The molecule has 7 nitrogen and oxygen atoms in total. The first-order chi connectivity index (χ1) is 14.3. The summed E-state index contributed by atoms with van der Waals surface area (Å²) in [6, 6.07) is 7.03. The van der Waals surface area contributed by atoms with E-state index in [1.165, 1.54) is 12.2 Å². The number of rotatable bonds is 11. The number of ketones is 1. The van der Waals surface area contributed by atoms with Gasteiger partial charge in [0.1, 0.15) is 5.78 Å². The molecule has 1 aromatic rings. The predicted molar refractivity (Wildman–Crippen MR) is 111 cm³/mol. The van der Waals surface area contributed by atoms with Crippen molar-refractivity contribution in [2.75, 3.05) is 6.54 Å². The van der Waals surface area contributed by atoms with Crippen LogP contribution in [-0.4, -0.2) is 40.9 Å². The van der Waals surface area contributed by atoms with Crippen molar-refractivity contribution in [1.29, 1.82) is 0 Å². The van der Waals surface area contributed by atoms with E-state index in [1.54, 1.807) is 19.1 Å². The minimum atomic E-state index is -0.626. The highest BCUT2D eigenvalue weighted by molar-refractivity contribution is 6.12. The van der Waals surface area contributed by atoms with Crippen molar-refractivity contribution in [2.24, 2.45) is 5.92 Å². The zero-order valence-corrected chi connectivity index (χ0v) is 17.5. The van der Waals surface area contributed by atoms with Gasteiger partial charge in [0.25, 0.3) is 17.7 Å². The average molecular weight is 412 g/mol. The second-order valence-corrected chi connectivity index (χ2v) is 7.32. The molecule has 1 aromatic carbocycles. The Balaban J connectivity index is 1.90. The van der Waals surface area contributed by atoms with Crippen LogP contribution < -0.4 is 5.32 Å². The zero-order valence-electron chi connectivity index (χ0n) is 17.5. The minimum Gasteiger partial charge on any atom is -0.300 e. The molecule has 1 aliphatic heterocycles. The zero-order chi connectivity index (χ0) is 22.1. The molecule has 2 rings (SSSR count). The number of imide groups is 2. The largest absolute Gasteiger partial charge is 0.300 e. The van der Waals surface area contributed by atoms with Gasteiger partial charge >= 0.3 is 0 Å². The van der Waals surface area contributed by atoms with Gasteiger partial charge in [-0.3, -0.25) is 34.2 Å². The standard InChI is InChI=1S/C23H28N2O5/c1-3-16-8-10-17(11-9-16)22(29)24-23(30)18(15-19(26)4-2)7-5-6-14-25-20(27)12-13-21(25)28/h8-13,18H,3-7,14-15H2,1-2H3,(H,24,29,30). The molecular weight excluding hydrogens is 384 g/mol. The summed E-state index contributed by atoms with van der Waals surface area (Å²) >= 11 is 0. The van der Waals surface area contributed by atoms with Crippen LogP contribution in [0.4, 0.5) is 0 Å². The van der Waals surface area contributed by atoms with Crippen LogP contribution in [0.3, 0.4) is 0 Å². The maximum absolute atomic E-state index is 12.6. The van der Waals surface area contributed by atoms with E-state index in [0.717, 1.165) is 16.9 Å². The van der Waals surface area contributed by atoms with E-state index in [9.17, 15) is 24.0 Å². The van der Waals surface area contributed by atoms with Crippen molar-refractivity contribution < 1.29 is 24.0 Å². The van der Waals surface area contributed by atoms with Crippen LogP contribution in [0.2, 0.25) is 0 Å². The lowest BCUT2D eigenvalue weighted by Crippen LogP contribution is -2.36. The van der Waals surface area contributed by atoms with Gasteiger partial charge in [-0.05, 0) is 37.0 Å². The first kappa shape index (κ1) is 23.2. The minimum absolute atomic E-state index is 0.0519. The number of carbonyl (C=O) groups excluding carboxylic acids is 5. The molecule has 0 radical (unpaired) electrons. The Kier molecular flexibility index (Phi) is 8.65. The van der Waals surface area contributed by atoms with Crippen LogP contribution in [0.1, 0.15) is 61.9 Å².